The van der Waals surface area contributed by atoms with Crippen LogP contribution in [0.25, 0.3) is 0 Å². The van der Waals surface area contributed by atoms with Crippen molar-refractivity contribution in [1.29, 1.82) is 0 Å². The highest BCUT2D eigenvalue weighted by molar-refractivity contribution is 5.37. The predicted molar refractivity (Wildman–Crippen MR) is 77.7 cm³/mol. The second kappa shape index (κ2) is 7.60. The molecule has 1 aliphatic heterocycles. The average molecular weight is 281 g/mol. The molecule has 0 fully saturated rings. The Kier molecular flexibility index (Phi) is 5.80. The molecule has 1 N–H and O–H groups in total. The maximum absolute atomic E-state index is 13.1. The van der Waals surface area contributed by atoms with E-state index in [9.17, 15) is 4.39 Å². The van der Waals surface area contributed by atoms with E-state index in [1.807, 2.05) is 0 Å². The second-order valence-corrected chi connectivity index (χ2v) is 5.58. The smallest absolute Gasteiger partial charge is 0.123 e. The Labute approximate surface area is 120 Å². The molecule has 2 rings (SSSR count). The summed E-state index contributed by atoms with van der Waals surface area (Å²) in [7, 11) is 1.71. The molecule has 0 aromatic heterocycles. The number of fused-ring (bicyclic) bond motifs is 1. The van der Waals surface area contributed by atoms with E-state index >= 15 is 0 Å². The van der Waals surface area contributed by atoms with E-state index < -0.39 is 0 Å². The lowest BCUT2D eigenvalue weighted by Gasteiger charge is -2.15. The molecule has 0 bridgehead atoms. The monoisotopic (exact) mass is 281 g/mol. The van der Waals surface area contributed by atoms with Gasteiger partial charge in [0.2, 0.25) is 0 Å². The Morgan fingerprint density at radius 2 is 2.35 bits per heavy atom. The van der Waals surface area contributed by atoms with Crippen LogP contribution in [0.5, 0.6) is 5.75 Å². The second-order valence-electron chi connectivity index (χ2n) is 5.58. The van der Waals surface area contributed by atoms with Gasteiger partial charge in [0, 0.05) is 25.6 Å². The first-order valence-corrected chi connectivity index (χ1v) is 7.33. The van der Waals surface area contributed by atoms with Crippen LogP contribution < -0.4 is 10.1 Å². The van der Waals surface area contributed by atoms with Gasteiger partial charge in [-0.15, -0.1) is 0 Å². The number of hydrogen-bond acceptors (Lipinski definition) is 3. The zero-order valence-corrected chi connectivity index (χ0v) is 12.3. The number of halogens is 1. The average Bonchev–Trinajstić information content (AvgIpc) is 2.83. The van der Waals surface area contributed by atoms with E-state index in [1.165, 1.54) is 6.07 Å². The van der Waals surface area contributed by atoms with Crippen molar-refractivity contribution in [2.75, 3.05) is 26.8 Å². The fourth-order valence-electron chi connectivity index (χ4n) is 2.55. The predicted octanol–water partition coefficient (Wildman–Crippen LogP) is 2.78. The molecule has 112 valence electrons. The standard InChI is InChI=1S/C16H24FNO2/c1-12(11-18-7-8-19-2)3-5-15-10-13-9-14(17)4-6-16(13)20-15/h4,6,9,12,15,18H,3,5,7-8,10-11H2,1-2H3. The minimum absolute atomic E-state index is 0.177. The third-order valence-electron chi connectivity index (χ3n) is 3.72. The summed E-state index contributed by atoms with van der Waals surface area (Å²) < 4.78 is 24.0. The molecule has 0 saturated heterocycles. The van der Waals surface area contributed by atoms with Crippen LogP contribution in [0.1, 0.15) is 25.3 Å². The minimum Gasteiger partial charge on any atom is -0.490 e. The maximum Gasteiger partial charge on any atom is 0.123 e. The summed E-state index contributed by atoms with van der Waals surface area (Å²) in [6, 6.07) is 4.79. The zero-order valence-electron chi connectivity index (χ0n) is 12.3. The molecule has 1 aromatic rings. The largest absolute Gasteiger partial charge is 0.490 e. The molecule has 1 aliphatic rings. The molecule has 20 heavy (non-hydrogen) atoms. The first-order chi connectivity index (χ1) is 9.69. The van der Waals surface area contributed by atoms with Gasteiger partial charge in [-0.05, 0) is 43.5 Å². The first-order valence-electron chi connectivity index (χ1n) is 7.33. The van der Waals surface area contributed by atoms with E-state index in [2.05, 4.69) is 12.2 Å². The van der Waals surface area contributed by atoms with Crippen molar-refractivity contribution < 1.29 is 13.9 Å². The van der Waals surface area contributed by atoms with Crippen molar-refractivity contribution in [3.05, 3.63) is 29.6 Å². The third kappa shape index (κ3) is 4.46. The Hall–Kier alpha value is -1.13. The van der Waals surface area contributed by atoms with Crippen LogP contribution in [0.2, 0.25) is 0 Å². The molecule has 0 spiro atoms. The minimum atomic E-state index is -0.177. The summed E-state index contributed by atoms with van der Waals surface area (Å²) in [5.74, 6) is 1.28. The van der Waals surface area contributed by atoms with Crippen molar-refractivity contribution >= 4 is 0 Å². The van der Waals surface area contributed by atoms with Crippen LogP contribution in [0.15, 0.2) is 18.2 Å². The third-order valence-corrected chi connectivity index (χ3v) is 3.72. The zero-order chi connectivity index (χ0) is 14.4. The molecular weight excluding hydrogens is 257 g/mol. The highest BCUT2D eigenvalue weighted by atomic mass is 19.1. The van der Waals surface area contributed by atoms with Crippen LogP contribution in [-0.2, 0) is 11.2 Å². The summed E-state index contributed by atoms with van der Waals surface area (Å²) in [5.41, 5.74) is 1.00. The lowest BCUT2D eigenvalue weighted by Crippen LogP contribution is -2.25. The molecule has 1 heterocycles. The van der Waals surface area contributed by atoms with Crippen LogP contribution in [0.4, 0.5) is 4.39 Å². The Morgan fingerprint density at radius 3 is 3.15 bits per heavy atom. The Balaban J connectivity index is 1.66. The van der Waals surface area contributed by atoms with Gasteiger partial charge in [0.25, 0.3) is 0 Å². The molecule has 3 nitrogen and oxygen atoms in total. The maximum atomic E-state index is 13.1. The summed E-state index contributed by atoms with van der Waals surface area (Å²) >= 11 is 0. The number of ether oxygens (including phenoxy) is 2. The molecule has 4 heteroatoms. The van der Waals surface area contributed by atoms with Crippen LogP contribution in [0, 0.1) is 11.7 Å². The normalized spacial score (nSPS) is 18.6. The number of rotatable bonds is 8. The van der Waals surface area contributed by atoms with Gasteiger partial charge < -0.3 is 14.8 Å². The lowest BCUT2D eigenvalue weighted by atomic mass is 10.00. The Morgan fingerprint density at radius 1 is 1.50 bits per heavy atom. The fourth-order valence-corrected chi connectivity index (χ4v) is 2.55. The molecule has 2 atom stereocenters. The molecule has 0 aliphatic carbocycles. The van der Waals surface area contributed by atoms with Crippen LogP contribution >= 0.6 is 0 Å². The topological polar surface area (TPSA) is 30.5 Å². The van der Waals surface area contributed by atoms with Crippen LogP contribution in [0.3, 0.4) is 0 Å². The number of benzene rings is 1. The van der Waals surface area contributed by atoms with E-state index in [0.717, 1.165) is 50.3 Å². The summed E-state index contributed by atoms with van der Waals surface area (Å²) in [4.78, 5) is 0. The molecule has 0 radical (unpaired) electrons. The number of hydrogen-bond donors (Lipinski definition) is 1. The quantitative estimate of drug-likeness (QED) is 0.743. The molecule has 0 amide bonds. The molecular formula is C16H24FNO2. The highest BCUT2D eigenvalue weighted by Gasteiger charge is 2.23. The summed E-state index contributed by atoms with van der Waals surface area (Å²) in [6.45, 7) is 4.88. The van der Waals surface area contributed by atoms with Gasteiger partial charge in [0.05, 0.1) is 6.61 Å². The number of nitrogens with one attached hydrogen (secondary N) is 1. The van der Waals surface area contributed by atoms with Gasteiger partial charge in [-0.3, -0.25) is 0 Å². The van der Waals surface area contributed by atoms with Gasteiger partial charge in [-0.1, -0.05) is 6.92 Å². The van der Waals surface area contributed by atoms with Gasteiger partial charge >= 0.3 is 0 Å². The van der Waals surface area contributed by atoms with Crippen LogP contribution in [-0.4, -0.2) is 32.9 Å². The molecule has 1 aromatic carbocycles. The summed E-state index contributed by atoms with van der Waals surface area (Å²) in [5, 5.41) is 3.37. The van der Waals surface area contributed by atoms with Crippen molar-refractivity contribution in [3.8, 4) is 5.75 Å². The van der Waals surface area contributed by atoms with Gasteiger partial charge in [0.1, 0.15) is 17.7 Å². The number of methoxy groups -OCH3 is 1. The first kappa shape index (κ1) is 15.3. The van der Waals surface area contributed by atoms with E-state index in [-0.39, 0.29) is 11.9 Å². The SMILES string of the molecule is COCCNCC(C)CCC1Cc2cc(F)ccc2O1. The molecule has 0 saturated carbocycles. The van der Waals surface area contributed by atoms with E-state index in [4.69, 9.17) is 9.47 Å². The van der Waals surface area contributed by atoms with Gasteiger partial charge in [-0.25, -0.2) is 4.39 Å². The highest BCUT2D eigenvalue weighted by Crippen LogP contribution is 2.31. The van der Waals surface area contributed by atoms with Crippen molar-refractivity contribution in [3.63, 3.8) is 0 Å². The Bertz CT molecular complexity index is 425. The fraction of sp³-hybridized carbons (Fsp3) is 0.625. The van der Waals surface area contributed by atoms with Crippen molar-refractivity contribution in [2.45, 2.75) is 32.3 Å². The van der Waals surface area contributed by atoms with Gasteiger partial charge in [-0.2, -0.15) is 0 Å². The molecule has 2 unspecified atom stereocenters. The van der Waals surface area contributed by atoms with Crippen molar-refractivity contribution in [1.82, 2.24) is 5.32 Å². The van der Waals surface area contributed by atoms with E-state index in [0.29, 0.717) is 5.92 Å². The van der Waals surface area contributed by atoms with Gasteiger partial charge in [0.15, 0.2) is 0 Å². The van der Waals surface area contributed by atoms with Crippen molar-refractivity contribution in [2.24, 2.45) is 5.92 Å². The summed E-state index contributed by atoms with van der Waals surface area (Å²) in [6.07, 6.45) is 3.16. The van der Waals surface area contributed by atoms with E-state index in [1.54, 1.807) is 19.2 Å². The lowest BCUT2D eigenvalue weighted by molar-refractivity contribution is 0.194.